The highest BCUT2D eigenvalue weighted by atomic mass is 16.5. The molecule has 29 heavy (non-hydrogen) atoms. The summed E-state index contributed by atoms with van der Waals surface area (Å²) in [6, 6.07) is -3.07. The van der Waals surface area contributed by atoms with Crippen molar-refractivity contribution in [3.8, 4) is 0 Å². The Morgan fingerprint density at radius 1 is 1.14 bits per heavy atom. The van der Waals surface area contributed by atoms with Gasteiger partial charge in [0, 0.05) is 6.54 Å². The number of aliphatic hydroxyl groups excluding tert-OH is 1. The predicted octanol–water partition coefficient (Wildman–Crippen LogP) is -1.82. The van der Waals surface area contributed by atoms with Crippen LogP contribution in [-0.2, 0) is 19.1 Å². The number of rotatable bonds is 13. The topological polar surface area (TPSA) is 196 Å². The average Bonchev–Trinajstić information content (AvgIpc) is 2.65. The van der Waals surface area contributed by atoms with Crippen LogP contribution in [0.15, 0.2) is 0 Å². The smallest absolute Gasteiger partial charge is 0.407 e. The lowest BCUT2D eigenvalue weighted by Gasteiger charge is -2.21. The Bertz CT molecular complexity index is 571. The summed E-state index contributed by atoms with van der Waals surface area (Å²) in [6.45, 7) is 4.93. The molecule has 0 saturated heterocycles. The van der Waals surface area contributed by atoms with Crippen LogP contribution in [0.4, 0.5) is 4.79 Å². The maximum Gasteiger partial charge on any atom is 0.407 e. The van der Waals surface area contributed by atoms with E-state index in [1.54, 1.807) is 0 Å². The zero-order valence-electron chi connectivity index (χ0n) is 17.0. The molecular formula is C17H32N6O6. The Kier molecular flexibility index (Phi) is 12.7. The quantitative estimate of drug-likeness (QED) is 0.0788. The van der Waals surface area contributed by atoms with Crippen LogP contribution >= 0.6 is 0 Å². The van der Waals surface area contributed by atoms with Crippen molar-refractivity contribution in [2.24, 2.45) is 11.7 Å². The van der Waals surface area contributed by atoms with Gasteiger partial charge in [-0.2, -0.15) is 0 Å². The minimum atomic E-state index is -1.29. The van der Waals surface area contributed by atoms with Crippen molar-refractivity contribution >= 4 is 30.2 Å². The summed E-state index contributed by atoms with van der Waals surface area (Å²) in [5.74, 6) is -1.46. The van der Waals surface area contributed by atoms with Gasteiger partial charge in [-0.05, 0) is 25.7 Å². The third-order valence-electron chi connectivity index (χ3n) is 3.59. The number of nitrogens with two attached hydrogens (primary N) is 1. The summed E-state index contributed by atoms with van der Waals surface area (Å²) in [4.78, 5) is 47.1. The second-order valence-corrected chi connectivity index (χ2v) is 6.84. The molecule has 12 heteroatoms. The number of ether oxygens (including phenoxy) is 1. The van der Waals surface area contributed by atoms with Crippen molar-refractivity contribution in [3.63, 3.8) is 0 Å². The Balaban J connectivity index is 4.49. The van der Waals surface area contributed by atoms with Crippen LogP contribution in [0.1, 0.15) is 33.6 Å². The number of carbonyl (C=O) groups excluding carboxylic acids is 4. The first kappa shape index (κ1) is 26.1. The highest BCUT2D eigenvalue weighted by molar-refractivity contribution is 5.91. The van der Waals surface area contributed by atoms with E-state index in [4.69, 9.17) is 15.9 Å². The second kappa shape index (κ2) is 14.2. The molecule has 8 N–H and O–H groups in total. The van der Waals surface area contributed by atoms with Crippen LogP contribution in [-0.4, -0.2) is 73.1 Å². The first-order valence-electron chi connectivity index (χ1n) is 9.28. The van der Waals surface area contributed by atoms with E-state index in [0.29, 0.717) is 25.7 Å². The molecule has 0 aliphatic carbocycles. The zero-order chi connectivity index (χ0) is 22.4. The van der Waals surface area contributed by atoms with Crippen LogP contribution in [0.5, 0.6) is 0 Å². The van der Waals surface area contributed by atoms with Crippen molar-refractivity contribution < 1.29 is 29.0 Å². The first-order chi connectivity index (χ1) is 13.6. The van der Waals surface area contributed by atoms with Crippen molar-refractivity contribution in [2.75, 3.05) is 19.8 Å². The summed E-state index contributed by atoms with van der Waals surface area (Å²) < 4.78 is 4.88. The van der Waals surface area contributed by atoms with Crippen LogP contribution < -0.4 is 27.0 Å². The maximum absolute atomic E-state index is 12.2. The molecule has 0 radical (unpaired) electrons. The molecule has 0 rings (SSSR count). The number of aliphatic hydroxyl groups is 1. The minimum absolute atomic E-state index is 0.106. The molecule has 3 atom stereocenters. The molecule has 0 fully saturated rings. The fraction of sp³-hybridized carbons (Fsp3) is 0.706. The third kappa shape index (κ3) is 12.2. The fourth-order valence-electron chi connectivity index (χ4n) is 2.03. The number of alkyl carbamates (subject to hydrolysis) is 1. The molecule has 0 aromatic heterocycles. The van der Waals surface area contributed by atoms with Gasteiger partial charge < -0.3 is 41.6 Å². The van der Waals surface area contributed by atoms with Gasteiger partial charge in [0.2, 0.25) is 11.8 Å². The number of hydrogen-bond acceptors (Lipinski definition) is 7. The van der Waals surface area contributed by atoms with E-state index < -0.39 is 42.6 Å². The van der Waals surface area contributed by atoms with E-state index in [2.05, 4.69) is 21.3 Å². The number of carbonyl (C=O) groups is 4. The maximum atomic E-state index is 12.2. The van der Waals surface area contributed by atoms with E-state index in [9.17, 15) is 24.3 Å². The minimum Gasteiger partial charge on any atom is -0.449 e. The van der Waals surface area contributed by atoms with E-state index >= 15 is 0 Å². The van der Waals surface area contributed by atoms with Crippen molar-refractivity contribution in [1.29, 1.82) is 5.41 Å². The van der Waals surface area contributed by atoms with Gasteiger partial charge in [-0.15, -0.1) is 0 Å². The molecule has 0 heterocycles. The third-order valence-corrected chi connectivity index (χ3v) is 3.59. The molecule has 1 unspecified atom stereocenters. The standard InChI is InChI=1S/C17H32N6O6/c1-10(2)9-29-17(28)23-13(8-25)15(27)21-11(3)14(26)22-12(7-24)5-4-6-20-16(18)19/h7,10-13,25H,4-6,8-9H2,1-3H3,(H,21,27)(H,22,26)(H,23,28)(H4,18,19,20)/t11-,12?,13+/m0/s1. The lowest BCUT2D eigenvalue weighted by atomic mass is 10.1. The number of aldehydes is 1. The van der Waals surface area contributed by atoms with Crippen molar-refractivity contribution in [1.82, 2.24) is 21.3 Å². The van der Waals surface area contributed by atoms with Crippen molar-refractivity contribution in [3.05, 3.63) is 0 Å². The van der Waals surface area contributed by atoms with Gasteiger partial charge in [0.1, 0.15) is 18.4 Å². The SMILES string of the molecule is CC(C)COC(=O)N[C@H](CO)C(=O)N[C@@H](C)C(=O)NC(C=O)CCCNC(=N)N. The Labute approximate surface area is 169 Å². The molecule has 0 aliphatic heterocycles. The van der Waals surface area contributed by atoms with Gasteiger partial charge >= 0.3 is 6.09 Å². The summed E-state index contributed by atoms with van der Waals surface area (Å²) in [7, 11) is 0. The van der Waals surface area contributed by atoms with Crippen molar-refractivity contribution in [2.45, 2.75) is 51.7 Å². The number of nitrogens with one attached hydrogen (secondary N) is 5. The zero-order valence-corrected chi connectivity index (χ0v) is 17.0. The monoisotopic (exact) mass is 416 g/mol. The Morgan fingerprint density at radius 2 is 1.79 bits per heavy atom. The van der Waals surface area contributed by atoms with Crippen LogP contribution in [0, 0.1) is 11.3 Å². The van der Waals surface area contributed by atoms with Gasteiger partial charge in [0.15, 0.2) is 5.96 Å². The predicted molar refractivity (Wildman–Crippen MR) is 105 cm³/mol. The van der Waals surface area contributed by atoms with Gasteiger partial charge in [-0.25, -0.2) is 4.79 Å². The molecule has 12 nitrogen and oxygen atoms in total. The van der Waals surface area contributed by atoms with Gasteiger partial charge in [-0.3, -0.25) is 15.0 Å². The largest absolute Gasteiger partial charge is 0.449 e. The van der Waals surface area contributed by atoms with Crippen LogP contribution in [0.2, 0.25) is 0 Å². The molecule has 0 spiro atoms. The number of hydrogen-bond donors (Lipinski definition) is 7. The number of guanidine groups is 1. The summed E-state index contributed by atoms with van der Waals surface area (Å²) >= 11 is 0. The van der Waals surface area contributed by atoms with E-state index in [1.807, 2.05) is 13.8 Å². The summed E-state index contributed by atoms with van der Waals surface area (Å²) in [5, 5.41) is 26.0. The van der Waals surface area contributed by atoms with Gasteiger partial charge in [0.25, 0.3) is 0 Å². The second-order valence-electron chi connectivity index (χ2n) is 6.84. The van der Waals surface area contributed by atoms with Gasteiger partial charge in [0.05, 0.1) is 19.3 Å². The highest BCUT2D eigenvalue weighted by Gasteiger charge is 2.25. The van der Waals surface area contributed by atoms with E-state index in [1.165, 1.54) is 6.92 Å². The Morgan fingerprint density at radius 3 is 2.31 bits per heavy atom. The summed E-state index contributed by atoms with van der Waals surface area (Å²) in [6.07, 6.45) is 0.519. The lowest BCUT2D eigenvalue weighted by molar-refractivity contribution is -0.131. The van der Waals surface area contributed by atoms with Crippen LogP contribution in [0.25, 0.3) is 0 Å². The molecule has 0 aliphatic rings. The van der Waals surface area contributed by atoms with E-state index in [0.717, 1.165) is 0 Å². The molecular weight excluding hydrogens is 384 g/mol. The average molecular weight is 416 g/mol. The molecule has 166 valence electrons. The number of amides is 3. The molecule has 0 aromatic rings. The molecule has 0 saturated carbocycles. The van der Waals surface area contributed by atoms with Crippen LogP contribution in [0.3, 0.4) is 0 Å². The molecule has 0 bridgehead atoms. The lowest BCUT2D eigenvalue weighted by Crippen LogP contribution is -2.55. The molecule has 3 amide bonds. The Hall–Kier alpha value is -2.89. The van der Waals surface area contributed by atoms with E-state index in [-0.39, 0.29) is 18.5 Å². The fourth-order valence-corrected chi connectivity index (χ4v) is 2.03. The molecule has 0 aromatic carbocycles. The van der Waals surface area contributed by atoms with Gasteiger partial charge in [-0.1, -0.05) is 13.8 Å². The normalized spacial score (nSPS) is 13.6. The highest BCUT2D eigenvalue weighted by Crippen LogP contribution is 1.97. The summed E-state index contributed by atoms with van der Waals surface area (Å²) in [5.41, 5.74) is 5.15. The first-order valence-corrected chi connectivity index (χ1v) is 9.28.